The van der Waals surface area contributed by atoms with Crippen molar-refractivity contribution in [3.05, 3.63) is 142 Å². The highest BCUT2D eigenvalue weighted by Gasteiger charge is 2.53. The summed E-state index contributed by atoms with van der Waals surface area (Å²) in [5.41, 5.74) is 2.40. The number of amides is 1. The monoisotopic (exact) mass is 1300 g/mol. The number of ether oxygens (including phenoxy) is 11. The fourth-order valence-electron chi connectivity index (χ4n) is 9.29. The van der Waals surface area contributed by atoms with Gasteiger partial charge in [0.15, 0.2) is 22.3 Å². The van der Waals surface area contributed by atoms with Gasteiger partial charge in [-0.1, -0.05) is 37.6 Å². The molecule has 3 heterocycles. The number of nitrogens with zero attached hydrogens (tertiary/aromatic N) is 3. The number of thiocarbonyl (C=S) groups is 1. The van der Waals surface area contributed by atoms with Gasteiger partial charge in [0.25, 0.3) is 0 Å². The fraction of sp³-hybridized carbons (Fsp3) is 0.422. The van der Waals surface area contributed by atoms with Crippen LogP contribution in [-0.4, -0.2) is 173 Å². The number of aromatic nitrogens is 3. The van der Waals surface area contributed by atoms with Crippen LogP contribution in [0.4, 0.5) is 32.3 Å². The van der Waals surface area contributed by atoms with Gasteiger partial charge in [0.1, 0.15) is 28.8 Å². The zero-order chi connectivity index (χ0) is 64.8. The molecule has 25 nitrogen and oxygen atoms in total. The molecule has 6 aromatic rings. The van der Waals surface area contributed by atoms with Crippen molar-refractivity contribution in [3.8, 4) is 28.7 Å². The number of anilines is 4. The minimum Gasteiger partial charge on any atom is -0.508 e. The first-order valence-electron chi connectivity index (χ1n) is 30.2. The standard InChI is InChI=1S/C64H77F2N9O16S/c1-2-3-17-67-60-73-61(75-62(74-60)71-42-43-5-4-6-45(65)36-43)68-18-22-83-26-24-81-20-15-57(78)70-41-44-7-14-54(53(66)37-44)90-58(79)16-21-82-25-28-85-30-32-87-34-35-88-33-31-86-29-27-84-23-19-69-63(92)72-46-8-11-50-49(38-46)59(80)91-64(50)51-12-9-47(76)39-55(51)89-56-40-48(77)10-13-52(56)64/h4-14,36-40,76-77H,2-3,15-35,41-42H2,1H3,(H,70,78)(H2,69,72,92)(H3,67,68,71,73,74,75). The molecule has 8 N–H and O–H groups in total. The van der Waals surface area contributed by atoms with E-state index in [-0.39, 0.29) is 81.4 Å². The molecule has 0 atom stereocenters. The van der Waals surface area contributed by atoms with E-state index in [1.54, 1.807) is 48.5 Å². The lowest BCUT2D eigenvalue weighted by Crippen LogP contribution is -2.33. The smallest absolute Gasteiger partial charge is 0.340 e. The number of esters is 2. The average molecular weight is 1300 g/mol. The van der Waals surface area contributed by atoms with Crippen LogP contribution in [0.3, 0.4) is 0 Å². The Balaban J connectivity index is 0.559. The zero-order valence-electron chi connectivity index (χ0n) is 51.0. The first-order valence-corrected chi connectivity index (χ1v) is 30.6. The van der Waals surface area contributed by atoms with Crippen molar-refractivity contribution in [3.63, 3.8) is 0 Å². The summed E-state index contributed by atoms with van der Waals surface area (Å²) >= 11 is 5.48. The van der Waals surface area contributed by atoms with Gasteiger partial charge >= 0.3 is 11.9 Å². The van der Waals surface area contributed by atoms with Gasteiger partial charge in [0, 0.05) is 73.7 Å². The zero-order valence-corrected chi connectivity index (χ0v) is 51.8. The number of fused-ring (bicyclic) bond motifs is 6. The van der Waals surface area contributed by atoms with Crippen LogP contribution in [0.2, 0.25) is 0 Å². The molecule has 494 valence electrons. The SMILES string of the molecule is CCCCNc1nc(NCCOCCOCCC(=O)NCc2ccc(OC(=O)CCOCCOCCOCCOCCOCCOCCNC(=S)Nc3ccc4c(c3)C(=O)OC43c4ccc(O)cc4Oc4cc(O)ccc43)c(F)c2)nc(NCc2cccc(F)c2)n1. The number of hydrogen-bond acceptors (Lipinski definition) is 23. The molecule has 0 radical (unpaired) electrons. The number of benzene rings is 5. The summed E-state index contributed by atoms with van der Waals surface area (Å²) in [5.74, 6) is -1.18. The number of rotatable bonds is 42. The van der Waals surface area contributed by atoms with Crippen molar-refractivity contribution >= 4 is 58.7 Å². The molecule has 0 aliphatic carbocycles. The van der Waals surface area contributed by atoms with E-state index in [0.717, 1.165) is 18.4 Å². The largest absolute Gasteiger partial charge is 0.508 e. The molecule has 0 fully saturated rings. The maximum atomic E-state index is 14.8. The Labute approximate surface area is 536 Å². The highest BCUT2D eigenvalue weighted by molar-refractivity contribution is 7.80. The molecule has 1 spiro atoms. The van der Waals surface area contributed by atoms with Crippen molar-refractivity contribution in [2.45, 2.75) is 51.3 Å². The van der Waals surface area contributed by atoms with Crippen LogP contribution in [0.5, 0.6) is 28.7 Å². The molecular weight excluding hydrogens is 1220 g/mol. The summed E-state index contributed by atoms with van der Waals surface area (Å²) in [6.45, 7) is 8.96. The predicted molar refractivity (Wildman–Crippen MR) is 337 cm³/mol. The highest BCUT2D eigenvalue weighted by Crippen LogP contribution is 2.57. The number of carbonyl (C=O) groups excluding carboxylic acids is 3. The van der Waals surface area contributed by atoms with E-state index in [2.05, 4.69) is 53.8 Å². The number of phenolic OH excluding ortho intramolecular Hbond substituents is 2. The molecule has 2 aliphatic rings. The van der Waals surface area contributed by atoms with E-state index in [1.165, 1.54) is 48.5 Å². The predicted octanol–water partition coefficient (Wildman–Crippen LogP) is 7.49. The summed E-state index contributed by atoms with van der Waals surface area (Å²) in [6.07, 6.45) is 1.95. The van der Waals surface area contributed by atoms with Gasteiger partial charge in [-0.2, -0.15) is 15.0 Å². The maximum absolute atomic E-state index is 14.8. The van der Waals surface area contributed by atoms with Crippen LogP contribution < -0.4 is 41.4 Å². The summed E-state index contributed by atoms with van der Waals surface area (Å²) < 4.78 is 90.1. The number of aromatic hydroxyl groups is 2. The second-order valence-electron chi connectivity index (χ2n) is 20.6. The lowest BCUT2D eigenvalue weighted by Gasteiger charge is -2.36. The molecule has 1 amide bonds. The third-order valence-electron chi connectivity index (χ3n) is 13.7. The lowest BCUT2D eigenvalue weighted by molar-refractivity contribution is -0.136. The molecule has 8 rings (SSSR count). The van der Waals surface area contributed by atoms with Crippen LogP contribution in [-0.2, 0) is 70.9 Å². The minimum atomic E-state index is -1.36. The van der Waals surface area contributed by atoms with Gasteiger partial charge in [-0.15, -0.1) is 0 Å². The topological polar surface area (TPSA) is 304 Å². The van der Waals surface area contributed by atoms with Crippen LogP contribution in [0.15, 0.2) is 97.1 Å². The van der Waals surface area contributed by atoms with Crippen LogP contribution >= 0.6 is 12.2 Å². The molecule has 1 aromatic heterocycles. The van der Waals surface area contributed by atoms with Crippen LogP contribution in [0.1, 0.15) is 70.8 Å². The first-order chi connectivity index (χ1) is 44.9. The summed E-state index contributed by atoms with van der Waals surface area (Å²) in [5, 5.41) is 39.0. The molecule has 92 heavy (non-hydrogen) atoms. The second kappa shape index (κ2) is 37.2. The van der Waals surface area contributed by atoms with E-state index >= 15 is 0 Å². The maximum Gasteiger partial charge on any atom is 0.340 e. The lowest BCUT2D eigenvalue weighted by atomic mass is 9.77. The first kappa shape index (κ1) is 69.4. The fourth-order valence-corrected chi connectivity index (χ4v) is 9.51. The molecule has 0 saturated heterocycles. The number of phenols is 2. The Morgan fingerprint density at radius 2 is 1.11 bits per heavy atom. The van der Waals surface area contributed by atoms with Gasteiger partial charge in [-0.25, -0.2) is 13.6 Å². The van der Waals surface area contributed by atoms with Crippen LogP contribution in [0, 0.1) is 11.6 Å². The molecule has 0 bridgehead atoms. The molecule has 2 aliphatic heterocycles. The summed E-state index contributed by atoms with van der Waals surface area (Å²) in [6, 6.07) is 24.8. The molecule has 0 unspecified atom stereocenters. The van der Waals surface area contributed by atoms with Crippen molar-refractivity contribution in [1.82, 2.24) is 25.6 Å². The quantitative estimate of drug-likeness (QED) is 0.00797. The van der Waals surface area contributed by atoms with Gasteiger partial charge < -0.3 is 94.2 Å². The molecular formula is C64H77F2N9O16S. The molecule has 5 aromatic carbocycles. The van der Waals surface area contributed by atoms with Crippen LogP contribution in [0.25, 0.3) is 0 Å². The van der Waals surface area contributed by atoms with E-state index in [1.807, 2.05) is 0 Å². The highest BCUT2D eigenvalue weighted by atomic mass is 32.1. The van der Waals surface area contributed by atoms with E-state index in [4.69, 9.17) is 64.3 Å². The van der Waals surface area contributed by atoms with Crippen molar-refractivity contribution < 1.29 is 85.5 Å². The van der Waals surface area contributed by atoms with Gasteiger partial charge in [-0.3, -0.25) is 9.59 Å². The Morgan fingerprint density at radius 3 is 1.71 bits per heavy atom. The third kappa shape index (κ3) is 21.9. The van der Waals surface area contributed by atoms with E-state index in [9.17, 15) is 33.4 Å². The second-order valence-corrected chi connectivity index (χ2v) is 21.0. The Hall–Kier alpha value is -8.45. The minimum absolute atomic E-state index is 0.0273. The molecule has 28 heteroatoms. The summed E-state index contributed by atoms with van der Waals surface area (Å²) in [4.78, 5) is 51.4. The number of hydrogen-bond donors (Lipinski definition) is 8. The molecule has 0 saturated carbocycles. The summed E-state index contributed by atoms with van der Waals surface area (Å²) in [7, 11) is 0. The van der Waals surface area contributed by atoms with E-state index < -0.39 is 23.4 Å². The van der Waals surface area contributed by atoms with Crippen molar-refractivity contribution in [1.29, 1.82) is 0 Å². The Morgan fingerprint density at radius 1 is 0.565 bits per heavy atom. The number of nitrogens with one attached hydrogen (secondary N) is 6. The van der Waals surface area contributed by atoms with E-state index in [0.29, 0.717) is 167 Å². The van der Waals surface area contributed by atoms with Crippen molar-refractivity contribution in [2.75, 3.05) is 147 Å². The van der Waals surface area contributed by atoms with Crippen molar-refractivity contribution in [2.24, 2.45) is 0 Å². The number of halogens is 2. The third-order valence-corrected chi connectivity index (χ3v) is 14.0. The normalized spacial score (nSPS) is 12.5. The number of carbonyl (C=O) groups is 3. The van der Waals surface area contributed by atoms with Gasteiger partial charge in [0.2, 0.25) is 23.8 Å². The number of unbranched alkanes of at least 4 members (excludes halogenated alkanes) is 1. The van der Waals surface area contributed by atoms with Gasteiger partial charge in [0.05, 0.1) is 118 Å². The Bertz CT molecular complexity index is 3320. The average Bonchev–Trinajstić information content (AvgIpc) is 1.46. The van der Waals surface area contributed by atoms with Gasteiger partial charge in [-0.05, 0) is 90.4 Å². The Kier molecular flexibility index (Phi) is 28.0.